The Morgan fingerprint density at radius 3 is 1.98 bits per heavy atom. The number of aromatic nitrogens is 4. The van der Waals surface area contributed by atoms with Crippen molar-refractivity contribution in [3.63, 3.8) is 0 Å². The van der Waals surface area contributed by atoms with Crippen molar-refractivity contribution >= 4 is 96.8 Å². The third-order valence-electron chi connectivity index (χ3n) is 11.8. The number of hydrogen-bond donors (Lipinski definition) is 0. The van der Waals surface area contributed by atoms with Crippen molar-refractivity contribution in [3.8, 4) is 39.9 Å². The van der Waals surface area contributed by atoms with Crippen molar-refractivity contribution in [2.75, 3.05) is 0 Å². The lowest BCUT2D eigenvalue weighted by atomic mass is 10.0. The molecule has 0 aliphatic heterocycles. The standard InChI is InChI=1S/C53H30N4OS/c1-2-13-32(14-3-1)51-54-52(56-53(55-51)40-21-10-19-38-37-18-8-9-23-47(37)59-50(38)40)39-20-11-22-46-49(39)42-30-35(25-27-45(42)58-46)57-43-26-24-31-12-6-7-17-36(31)48(43)41-28-33-15-4-5-16-34(33)29-44(41)57/h1-30H. The number of fused-ring (bicyclic) bond motifs is 12. The fraction of sp³-hybridized carbons (Fsp3) is 0. The van der Waals surface area contributed by atoms with Gasteiger partial charge in [0.25, 0.3) is 0 Å². The second-order valence-corrected chi connectivity index (χ2v) is 16.2. The molecule has 0 amide bonds. The maximum Gasteiger partial charge on any atom is 0.165 e. The van der Waals surface area contributed by atoms with E-state index in [1.807, 2.05) is 30.3 Å². The highest BCUT2D eigenvalue weighted by molar-refractivity contribution is 7.26. The first kappa shape index (κ1) is 32.4. The van der Waals surface area contributed by atoms with Gasteiger partial charge in [-0.15, -0.1) is 11.3 Å². The first-order chi connectivity index (χ1) is 29.2. The van der Waals surface area contributed by atoms with Crippen molar-refractivity contribution < 1.29 is 4.42 Å². The number of furan rings is 1. The summed E-state index contributed by atoms with van der Waals surface area (Å²) in [5.41, 5.74) is 7.77. The summed E-state index contributed by atoms with van der Waals surface area (Å²) < 4.78 is 11.4. The molecule has 0 aliphatic rings. The summed E-state index contributed by atoms with van der Waals surface area (Å²) in [6.45, 7) is 0. The minimum absolute atomic E-state index is 0.598. The molecule has 5 nitrogen and oxygen atoms in total. The maximum atomic E-state index is 6.62. The molecule has 59 heavy (non-hydrogen) atoms. The second-order valence-electron chi connectivity index (χ2n) is 15.1. The summed E-state index contributed by atoms with van der Waals surface area (Å²) in [4.78, 5) is 15.7. The Labute approximate surface area is 341 Å². The zero-order valence-corrected chi connectivity index (χ0v) is 32.2. The van der Waals surface area contributed by atoms with Crippen LogP contribution in [-0.2, 0) is 0 Å². The zero-order chi connectivity index (χ0) is 38.6. The maximum absolute atomic E-state index is 6.62. The molecule has 0 aliphatic carbocycles. The van der Waals surface area contributed by atoms with Crippen LogP contribution in [0.1, 0.15) is 0 Å². The van der Waals surface area contributed by atoms with Crippen LogP contribution < -0.4 is 0 Å². The Bertz CT molecular complexity index is 3860. The van der Waals surface area contributed by atoms with E-state index >= 15 is 0 Å². The zero-order valence-electron chi connectivity index (χ0n) is 31.4. The first-order valence-corrected chi connectivity index (χ1v) is 20.6. The lowest BCUT2D eigenvalue weighted by molar-refractivity contribution is 0.669. The predicted octanol–water partition coefficient (Wildman–Crippen LogP) is 14.5. The average molecular weight is 771 g/mol. The number of nitrogens with zero attached hydrogens (tertiary/aromatic N) is 4. The fourth-order valence-electron chi connectivity index (χ4n) is 9.15. The molecule has 13 aromatic rings. The molecule has 0 saturated heterocycles. The SMILES string of the molecule is c1ccc(-c2nc(-c3cccc4c3sc3ccccc34)nc(-c3cccc4oc5ccc(-n6c7cc8ccccc8cc7c7c8ccccc8ccc76)cc5c34)n2)cc1. The predicted molar refractivity (Wildman–Crippen MR) is 246 cm³/mol. The molecule has 9 aromatic carbocycles. The number of benzene rings is 9. The average Bonchev–Trinajstić information content (AvgIpc) is 3.97. The molecular formula is C53H30N4OS. The van der Waals surface area contributed by atoms with E-state index in [-0.39, 0.29) is 0 Å². The van der Waals surface area contributed by atoms with Crippen LogP contribution in [0.5, 0.6) is 0 Å². The van der Waals surface area contributed by atoms with Gasteiger partial charge in [-0.3, -0.25) is 0 Å². The van der Waals surface area contributed by atoms with Crippen LogP contribution in [-0.4, -0.2) is 19.5 Å². The van der Waals surface area contributed by atoms with E-state index in [9.17, 15) is 0 Å². The van der Waals surface area contributed by atoms with Gasteiger partial charge in [-0.25, -0.2) is 15.0 Å². The molecule has 0 spiro atoms. The van der Waals surface area contributed by atoms with Crippen molar-refractivity contribution in [1.29, 1.82) is 0 Å². The van der Waals surface area contributed by atoms with E-state index in [4.69, 9.17) is 19.4 Å². The quantitative estimate of drug-likeness (QED) is 0.179. The number of rotatable bonds is 4. The summed E-state index contributed by atoms with van der Waals surface area (Å²) >= 11 is 1.78. The topological polar surface area (TPSA) is 56.7 Å². The van der Waals surface area contributed by atoms with E-state index in [1.54, 1.807) is 11.3 Å². The Hall–Kier alpha value is -7.67. The van der Waals surface area contributed by atoms with Gasteiger partial charge in [-0.1, -0.05) is 127 Å². The van der Waals surface area contributed by atoms with Crippen molar-refractivity contribution in [2.45, 2.75) is 0 Å². The molecule has 0 fully saturated rings. The van der Waals surface area contributed by atoms with Crippen LogP contribution in [0.3, 0.4) is 0 Å². The summed E-state index contributed by atoms with van der Waals surface area (Å²) in [5.74, 6) is 1.86. The van der Waals surface area contributed by atoms with E-state index in [2.05, 4.69) is 156 Å². The van der Waals surface area contributed by atoms with Crippen molar-refractivity contribution in [1.82, 2.24) is 19.5 Å². The monoisotopic (exact) mass is 770 g/mol. The van der Waals surface area contributed by atoms with Gasteiger partial charge in [-0.05, 0) is 76.1 Å². The van der Waals surface area contributed by atoms with Crippen LogP contribution in [0.25, 0.3) is 125 Å². The number of hydrogen-bond acceptors (Lipinski definition) is 5. The number of thiophene rings is 1. The molecule has 4 aromatic heterocycles. The molecule has 274 valence electrons. The van der Waals surface area contributed by atoms with Crippen LogP contribution >= 0.6 is 11.3 Å². The van der Waals surface area contributed by atoms with Crippen LogP contribution in [0, 0.1) is 0 Å². The highest BCUT2D eigenvalue weighted by Gasteiger charge is 2.22. The van der Waals surface area contributed by atoms with Crippen molar-refractivity contribution in [3.05, 3.63) is 182 Å². The summed E-state index contributed by atoms with van der Waals surface area (Å²) in [7, 11) is 0. The van der Waals surface area contributed by atoms with Crippen LogP contribution in [0.15, 0.2) is 186 Å². The Balaban J connectivity index is 1.07. The highest BCUT2D eigenvalue weighted by Crippen LogP contribution is 2.43. The third kappa shape index (κ3) is 4.87. The largest absolute Gasteiger partial charge is 0.456 e. The molecule has 0 saturated carbocycles. The molecule has 0 bridgehead atoms. The van der Waals surface area contributed by atoms with Gasteiger partial charge in [0, 0.05) is 64.1 Å². The van der Waals surface area contributed by atoms with Gasteiger partial charge in [0.2, 0.25) is 0 Å². The second kappa shape index (κ2) is 12.4. The first-order valence-electron chi connectivity index (χ1n) is 19.8. The lowest BCUT2D eigenvalue weighted by Crippen LogP contribution is -2.00. The van der Waals surface area contributed by atoms with Crippen LogP contribution in [0.2, 0.25) is 0 Å². The third-order valence-corrected chi connectivity index (χ3v) is 13.0. The molecule has 6 heteroatoms. The molecule has 0 N–H and O–H groups in total. The summed E-state index contributed by atoms with van der Waals surface area (Å²) in [6, 6.07) is 64.4. The molecule has 13 rings (SSSR count). The van der Waals surface area contributed by atoms with E-state index in [0.29, 0.717) is 17.5 Å². The minimum atomic E-state index is 0.598. The van der Waals surface area contributed by atoms with Crippen molar-refractivity contribution in [2.24, 2.45) is 0 Å². The molecule has 4 heterocycles. The van der Waals surface area contributed by atoms with Gasteiger partial charge in [0.1, 0.15) is 11.2 Å². The highest BCUT2D eigenvalue weighted by atomic mass is 32.1. The summed E-state index contributed by atoms with van der Waals surface area (Å²) in [6.07, 6.45) is 0. The molecule has 0 unspecified atom stereocenters. The lowest BCUT2D eigenvalue weighted by Gasteiger charge is -2.11. The van der Waals surface area contributed by atoms with Gasteiger partial charge >= 0.3 is 0 Å². The van der Waals surface area contributed by atoms with E-state index in [1.165, 1.54) is 47.8 Å². The Morgan fingerprint density at radius 2 is 1.10 bits per heavy atom. The van der Waals surface area contributed by atoms with Gasteiger partial charge < -0.3 is 8.98 Å². The molecule has 0 radical (unpaired) electrons. The van der Waals surface area contributed by atoms with Gasteiger partial charge in [-0.2, -0.15) is 0 Å². The van der Waals surface area contributed by atoms with Crippen LogP contribution in [0.4, 0.5) is 0 Å². The van der Waals surface area contributed by atoms with Gasteiger partial charge in [0.05, 0.1) is 11.0 Å². The minimum Gasteiger partial charge on any atom is -0.456 e. The molecular weight excluding hydrogens is 741 g/mol. The molecule has 0 atom stereocenters. The normalized spacial score (nSPS) is 12.1. The Kier molecular flexibility index (Phi) is 6.82. The summed E-state index contributed by atoms with van der Waals surface area (Å²) in [5, 5.41) is 11.8. The Morgan fingerprint density at radius 1 is 0.407 bits per heavy atom. The van der Waals surface area contributed by atoms with E-state index < -0.39 is 0 Å². The van der Waals surface area contributed by atoms with E-state index in [0.717, 1.165) is 60.0 Å². The fourth-order valence-corrected chi connectivity index (χ4v) is 10.4. The van der Waals surface area contributed by atoms with Gasteiger partial charge in [0.15, 0.2) is 17.5 Å². The smallest absolute Gasteiger partial charge is 0.165 e.